The summed E-state index contributed by atoms with van der Waals surface area (Å²) >= 11 is 0. The van der Waals surface area contributed by atoms with E-state index in [9.17, 15) is 8.78 Å². The third kappa shape index (κ3) is 3.79. The number of halogens is 2. The predicted octanol–water partition coefficient (Wildman–Crippen LogP) is 4.13. The van der Waals surface area contributed by atoms with Crippen molar-refractivity contribution in [2.45, 2.75) is 26.4 Å². The van der Waals surface area contributed by atoms with Crippen molar-refractivity contribution in [3.63, 3.8) is 0 Å². The zero-order chi connectivity index (χ0) is 15.4. The Morgan fingerprint density at radius 3 is 2.52 bits per heavy atom. The highest BCUT2D eigenvalue weighted by Gasteiger charge is 2.10. The fraction of sp³-hybridized carbons (Fsp3) is 0.294. The van der Waals surface area contributed by atoms with Crippen molar-refractivity contribution in [3.8, 4) is 5.75 Å². The van der Waals surface area contributed by atoms with Gasteiger partial charge in [0.1, 0.15) is 5.75 Å². The summed E-state index contributed by atoms with van der Waals surface area (Å²) in [5.41, 5.74) is 2.89. The van der Waals surface area contributed by atoms with Gasteiger partial charge in [0.05, 0.1) is 7.11 Å². The van der Waals surface area contributed by atoms with Gasteiger partial charge in [0.2, 0.25) is 0 Å². The first kappa shape index (κ1) is 15.4. The van der Waals surface area contributed by atoms with Crippen molar-refractivity contribution in [2.75, 3.05) is 7.11 Å². The second-order valence-electron chi connectivity index (χ2n) is 5.09. The van der Waals surface area contributed by atoms with Crippen LogP contribution in [0.15, 0.2) is 36.4 Å². The molecule has 0 heterocycles. The number of rotatable bonds is 5. The van der Waals surface area contributed by atoms with Gasteiger partial charge in [-0.2, -0.15) is 0 Å². The lowest BCUT2D eigenvalue weighted by molar-refractivity contribution is 0.406. The second kappa shape index (κ2) is 6.68. The fourth-order valence-corrected chi connectivity index (χ4v) is 2.21. The normalized spacial score (nSPS) is 12.2. The van der Waals surface area contributed by atoms with Crippen LogP contribution in [0.3, 0.4) is 0 Å². The van der Waals surface area contributed by atoms with Gasteiger partial charge >= 0.3 is 0 Å². The minimum atomic E-state index is -0.827. The molecule has 4 heteroatoms. The zero-order valence-corrected chi connectivity index (χ0v) is 12.4. The average Bonchev–Trinajstić information content (AvgIpc) is 2.47. The Kier molecular flexibility index (Phi) is 4.91. The number of ether oxygens (including phenoxy) is 1. The summed E-state index contributed by atoms with van der Waals surface area (Å²) in [5.74, 6) is -0.842. The lowest BCUT2D eigenvalue weighted by atomic mass is 10.1. The third-order valence-corrected chi connectivity index (χ3v) is 3.48. The predicted molar refractivity (Wildman–Crippen MR) is 79.3 cm³/mol. The molecule has 0 bridgehead atoms. The van der Waals surface area contributed by atoms with Crippen molar-refractivity contribution in [1.82, 2.24) is 5.32 Å². The number of methoxy groups -OCH3 is 1. The molecular formula is C17H19F2NO. The van der Waals surface area contributed by atoms with Gasteiger partial charge in [-0.15, -0.1) is 0 Å². The van der Waals surface area contributed by atoms with Crippen LogP contribution in [0.5, 0.6) is 5.75 Å². The van der Waals surface area contributed by atoms with Crippen LogP contribution in [0.4, 0.5) is 8.78 Å². The fourth-order valence-electron chi connectivity index (χ4n) is 2.21. The zero-order valence-electron chi connectivity index (χ0n) is 12.4. The first-order chi connectivity index (χ1) is 10.0. The number of aryl methyl sites for hydroxylation is 1. The van der Waals surface area contributed by atoms with Crippen LogP contribution in [-0.4, -0.2) is 7.11 Å². The number of nitrogens with one attached hydrogen (secondary N) is 1. The molecule has 0 radical (unpaired) electrons. The van der Waals surface area contributed by atoms with Gasteiger partial charge in [-0.05, 0) is 37.6 Å². The molecule has 1 atom stereocenters. The molecule has 2 rings (SSSR count). The SMILES string of the molecule is COc1ccc(C)cc1CNC(C)c1ccc(F)c(F)c1. The molecular weight excluding hydrogens is 272 g/mol. The van der Waals surface area contributed by atoms with Crippen LogP contribution in [0.2, 0.25) is 0 Å². The third-order valence-electron chi connectivity index (χ3n) is 3.48. The van der Waals surface area contributed by atoms with Crippen molar-refractivity contribution < 1.29 is 13.5 Å². The molecule has 0 saturated carbocycles. The van der Waals surface area contributed by atoms with Crippen LogP contribution >= 0.6 is 0 Å². The largest absolute Gasteiger partial charge is 0.496 e. The molecule has 0 aliphatic rings. The first-order valence-corrected chi connectivity index (χ1v) is 6.83. The molecule has 0 aliphatic carbocycles. The Morgan fingerprint density at radius 1 is 1.10 bits per heavy atom. The highest BCUT2D eigenvalue weighted by molar-refractivity contribution is 5.37. The molecule has 112 valence electrons. The first-order valence-electron chi connectivity index (χ1n) is 6.83. The van der Waals surface area contributed by atoms with Crippen molar-refractivity contribution in [1.29, 1.82) is 0 Å². The molecule has 0 saturated heterocycles. The van der Waals surface area contributed by atoms with E-state index in [2.05, 4.69) is 5.32 Å². The maximum absolute atomic E-state index is 13.3. The van der Waals surface area contributed by atoms with Crippen molar-refractivity contribution >= 4 is 0 Å². The molecule has 0 aromatic heterocycles. The van der Waals surface area contributed by atoms with Crippen molar-refractivity contribution in [2.24, 2.45) is 0 Å². The van der Waals surface area contributed by atoms with Crippen LogP contribution < -0.4 is 10.1 Å². The maximum Gasteiger partial charge on any atom is 0.159 e. The molecule has 0 aliphatic heterocycles. The number of hydrogen-bond acceptors (Lipinski definition) is 2. The van der Waals surface area contributed by atoms with Gasteiger partial charge in [0.25, 0.3) is 0 Å². The molecule has 1 unspecified atom stereocenters. The van der Waals surface area contributed by atoms with E-state index in [0.29, 0.717) is 12.1 Å². The van der Waals surface area contributed by atoms with Gasteiger partial charge < -0.3 is 10.1 Å². The monoisotopic (exact) mass is 291 g/mol. The minimum absolute atomic E-state index is 0.0923. The molecule has 0 fully saturated rings. The van der Waals surface area contributed by atoms with Gasteiger partial charge in [-0.3, -0.25) is 0 Å². The van der Waals surface area contributed by atoms with E-state index in [1.165, 1.54) is 6.07 Å². The molecule has 21 heavy (non-hydrogen) atoms. The van der Waals surface area contributed by atoms with Gasteiger partial charge in [0.15, 0.2) is 11.6 Å². The quantitative estimate of drug-likeness (QED) is 0.894. The summed E-state index contributed by atoms with van der Waals surface area (Å²) in [4.78, 5) is 0. The topological polar surface area (TPSA) is 21.3 Å². The van der Waals surface area contributed by atoms with Gasteiger partial charge in [-0.1, -0.05) is 23.8 Å². The number of hydrogen-bond donors (Lipinski definition) is 1. The van der Waals surface area contributed by atoms with E-state index in [1.54, 1.807) is 13.2 Å². The van der Waals surface area contributed by atoms with Crippen LogP contribution in [0, 0.1) is 18.6 Å². The summed E-state index contributed by atoms with van der Waals surface area (Å²) in [7, 11) is 1.63. The molecule has 1 N–H and O–H groups in total. The summed E-state index contributed by atoms with van der Waals surface area (Å²) in [6.07, 6.45) is 0. The Bertz CT molecular complexity index is 628. The highest BCUT2D eigenvalue weighted by atomic mass is 19.2. The smallest absolute Gasteiger partial charge is 0.159 e. The standard InChI is InChI=1S/C17H19F2NO/c1-11-4-7-17(21-3)14(8-11)10-20-12(2)13-5-6-15(18)16(19)9-13/h4-9,12,20H,10H2,1-3H3. The van der Waals surface area contributed by atoms with Crippen molar-refractivity contribution in [3.05, 3.63) is 64.7 Å². The van der Waals surface area contributed by atoms with Crippen LogP contribution in [0.25, 0.3) is 0 Å². The average molecular weight is 291 g/mol. The maximum atomic E-state index is 13.3. The van der Waals surface area contributed by atoms with Gasteiger partial charge in [0, 0.05) is 18.2 Å². The molecule has 0 amide bonds. The Labute approximate surface area is 123 Å². The molecule has 2 nitrogen and oxygen atoms in total. The lowest BCUT2D eigenvalue weighted by Gasteiger charge is -2.16. The molecule has 2 aromatic rings. The minimum Gasteiger partial charge on any atom is -0.496 e. The van der Waals surface area contributed by atoms with Crippen LogP contribution in [-0.2, 0) is 6.54 Å². The Morgan fingerprint density at radius 2 is 1.86 bits per heavy atom. The highest BCUT2D eigenvalue weighted by Crippen LogP contribution is 2.21. The lowest BCUT2D eigenvalue weighted by Crippen LogP contribution is -2.18. The van der Waals surface area contributed by atoms with Gasteiger partial charge in [-0.25, -0.2) is 8.78 Å². The van der Waals surface area contributed by atoms with Crippen LogP contribution in [0.1, 0.15) is 29.7 Å². The van der Waals surface area contributed by atoms with E-state index >= 15 is 0 Å². The molecule has 0 spiro atoms. The van der Waals surface area contributed by atoms with E-state index in [0.717, 1.165) is 22.9 Å². The van der Waals surface area contributed by atoms with E-state index in [4.69, 9.17) is 4.74 Å². The Balaban J connectivity index is 2.08. The molecule has 2 aromatic carbocycles. The summed E-state index contributed by atoms with van der Waals surface area (Å²) in [6.45, 7) is 4.52. The second-order valence-corrected chi connectivity index (χ2v) is 5.09. The Hall–Kier alpha value is -1.94. The number of benzene rings is 2. The van der Waals surface area contributed by atoms with E-state index < -0.39 is 11.6 Å². The van der Waals surface area contributed by atoms with E-state index in [1.807, 2.05) is 32.0 Å². The summed E-state index contributed by atoms with van der Waals surface area (Å²) in [6, 6.07) is 9.82. The van der Waals surface area contributed by atoms with E-state index in [-0.39, 0.29) is 6.04 Å². The summed E-state index contributed by atoms with van der Waals surface area (Å²) in [5, 5.41) is 3.29. The summed E-state index contributed by atoms with van der Waals surface area (Å²) < 4.78 is 31.5.